The first kappa shape index (κ1) is 18.3. The van der Waals surface area contributed by atoms with Crippen LogP contribution in [0.25, 0.3) is 11.0 Å². The largest absolute Gasteiger partial charge is 0.490 e. The lowest BCUT2D eigenvalue weighted by Crippen LogP contribution is -2.26. The summed E-state index contributed by atoms with van der Waals surface area (Å²) in [6.07, 6.45) is 1.12. The number of hydrogen-bond acceptors (Lipinski definition) is 4. The van der Waals surface area contributed by atoms with Crippen molar-refractivity contribution >= 4 is 29.3 Å². The quantitative estimate of drug-likeness (QED) is 0.819. The molecule has 2 rings (SSSR count). The van der Waals surface area contributed by atoms with Crippen molar-refractivity contribution in [3.8, 4) is 5.75 Å². The van der Waals surface area contributed by atoms with Gasteiger partial charge in [0.05, 0.1) is 12.6 Å². The van der Waals surface area contributed by atoms with Crippen LogP contribution in [0.5, 0.6) is 5.75 Å². The minimum atomic E-state index is -0.183. The second-order valence-electron chi connectivity index (χ2n) is 4.94. The van der Waals surface area contributed by atoms with Crippen molar-refractivity contribution in [2.75, 3.05) is 13.2 Å². The highest BCUT2D eigenvalue weighted by atomic mass is 35.5. The second-order valence-corrected chi connectivity index (χ2v) is 4.94. The van der Waals surface area contributed by atoms with E-state index in [1.54, 1.807) is 0 Å². The zero-order valence-electron chi connectivity index (χ0n) is 12.9. The average Bonchev–Trinajstić information content (AvgIpc) is 2.90. The molecule has 1 atom stereocenters. The van der Waals surface area contributed by atoms with E-state index in [1.807, 2.05) is 38.1 Å². The fourth-order valence-electron chi connectivity index (χ4n) is 2.19. The number of halogens is 1. The van der Waals surface area contributed by atoms with E-state index in [2.05, 4.69) is 5.32 Å². The molecule has 5 nitrogen and oxygen atoms in total. The Hall–Kier alpha value is -1.72. The van der Waals surface area contributed by atoms with Gasteiger partial charge in [0.1, 0.15) is 5.76 Å². The number of fused-ring (bicyclic) bond motifs is 1. The van der Waals surface area contributed by atoms with Crippen molar-refractivity contribution < 1.29 is 13.9 Å². The van der Waals surface area contributed by atoms with Gasteiger partial charge >= 0.3 is 0 Å². The van der Waals surface area contributed by atoms with E-state index in [4.69, 9.17) is 14.9 Å². The van der Waals surface area contributed by atoms with E-state index < -0.39 is 0 Å². The molecule has 1 heterocycles. The van der Waals surface area contributed by atoms with E-state index in [9.17, 15) is 4.79 Å². The maximum absolute atomic E-state index is 11.7. The fraction of sp³-hybridized carbons (Fsp3) is 0.438. The maximum atomic E-state index is 11.7. The molecule has 22 heavy (non-hydrogen) atoms. The predicted molar refractivity (Wildman–Crippen MR) is 89.5 cm³/mol. The molecule has 1 aromatic carbocycles. The average molecular weight is 327 g/mol. The monoisotopic (exact) mass is 326 g/mol. The van der Waals surface area contributed by atoms with Gasteiger partial charge < -0.3 is 20.2 Å². The molecule has 0 aliphatic rings. The minimum Gasteiger partial charge on any atom is -0.490 e. The Morgan fingerprint density at radius 1 is 1.45 bits per heavy atom. The van der Waals surface area contributed by atoms with Crippen molar-refractivity contribution in [1.29, 1.82) is 0 Å². The summed E-state index contributed by atoms with van der Waals surface area (Å²) in [5.41, 5.74) is 6.12. The number of carbonyl (C=O) groups excluding carboxylic acids is 1. The van der Waals surface area contributed by atoms with Gasteiger partial charge in [-0.15, -0.1) is 12.4 Å². The van der Waals surface area contributed by atoms with E-state index in [0.717, 1.165) is 22.5 Å². The number of para-hydroxylation sites is 1. The molecule has 0 saturated heterocycles. The summed E-state index contributed by atoms with van der Waals surface area (Å²) in [5, 5.41) is 3.89. The number of nitrogens with two attached hydrogens (primary N) is 1. The summed E-state index contributed by atoms with van der Waals surface area (Å²) in [6, 6.07) is 7.53. The number of furan rings is 1. The molecule has 1 unspecified atom stereocenters. The summed E-state index contributed by atoms with van der Waals surface area (Å²) in [5.74, 6) is 1.43. The van der Waals surface area contributed by atoms with E-state index in [0.29, 0.717) is 26.0 Å². The van der Waals surface area contributed by atoms with Gasteiger partial charge in [0.2, 0.25) is 5.91 Å². The molecular formula is C16H23ClN2O3. The third-order valence-corrected chi connectivity index (χ3v) is 3.24. The number of hydrogen-bond donors (Lipinski definition) is 2. The van der Waals surface area contributed by atoms with Crippen molar-refractivity contribution in [2.45, 2.75) is 32.7 Å². The molecule has 2 aromatic rings. The maximum Gasteiger partial charge on any atom is 0.220 e. The second kappa shape index (κ2) is 8.66. The molecule has 3 N–H and O–H groups in total. The first-order chi connectivity index (χ1) is 10.2. The van der Waals surface area contributed by atoms with Gasteiger partial charge in [-0.05, 0) is 38.9 Å². The van der Waals surface area contributed by atoms with Gasteiger partial charge in [-0.3, -0.25) is 4.79 Å². The lowest BCUT2D eigenvalue weighted by Gasteiger charge is -2.11. The molecule has 0 saturated carbocycles. The molecule has 1 amide bonds. The molecule has 0 bridgehead atoms. The third-order valence-electron chi connectivity index (χ3n) is 3.24. The first-order valence-electron chi connectivity index (χ1n) is 7.30. The predicted octanol–water partition coefficient (Wildman–Crippen LogP) is 3.17. The van der Waals surface area contributed by atoms with Gasteiger partial charge in [-0.25, -0.2) is 0 Å². The number of nitrogens with one attached hydrogen (secondary N) is 1. The van der Waals surface area contributed by atoms with Crippen LogP contribution < -0.4 is 15.8 Å². The zero-order valence-corrected chi connectivity index (χ0v) is 13.7. The summed E-state index contributed by atoms with van der Waals surface area (Å²) in [4.78, 5) is 11.7. The topological polar surface area (TPSA) is 77.5 Å². The summed E-state index contributed by atoms with van der Waals surface area (Å²) in [6.45, 7) is 4.94. The molecule has 6 heteroatoms. The SMILES string of the molecule is CCOc1cccc2cc(C(C)NC(=O)CCCN)oc12.Cl. The molecule has 1 aromatic heterocycles. The van der Waals surface area contributed by atoms with Gasteiger partial charge in [0.15, 0.2) is 11.3 Å². The van der Waals surface area contributed by atoms with E-state index in [1.165, 1.54) is 0 Å². The Kier molecular flexibility index (Phi) is 7.21. The van der Waals surface area contributed by atoms with Crippen LogP contribution in [0.3, 0.4) is 0 Å². The standard InChI is InChI=1S/C16H22N2O3.ClH/c1-3-20-13-7-4-6-12-10-14(21-16(12)13)11(2)18-15(19)8-5-9-17;/h4,6-7,10-11H,3,5,8-9,17H2,1-2H3,(H,18,19);1H. The Morgan fingerprint density at radius 3 is 2.91 bits per heavy atom. The van der Waals surface area contributed by atoms with Crippen molar-refractivity contribution in [2.24, 2.45) is 5.73 Å². The first-order valence-corrected chi connectivity index (χ1v) is 7.30. The zero-order chi connectivity index (χ0) is 15.2. The van der Waals surface area contributed by atoms with Crippen LogP contribution in [0, 0.1) is 0 Å². The van der Waals surface area contributed by atoms with Crippen molar-refractivity contribution in [3.05, 3.63) is 30.0 Å². The third kappa shape index (κ3) is 4.39. The lowest BCUT2D eigenvalue weighted by atomic mass is 10.2. The number of ether oxygens (including phenoxy) is 1. The molecule has 0 aliphatic carbocycles. The Bertz CT molecular complexity index is 612. The normalized spacial score (nSPS) is 11.8. The Balaban J connectivity index is 0.00000242. The van der Waals surface area contributed by atoms with Crippen LogP contribution >= 0.6 is 12.4 Å². The highest BCUT2D eigenvalue weighted by Crippen LogP contribution is 2.31. The molecule has 0 aliphatic heterocycles. The van der Waals surface area contributed by atoms with Crippen LogP contribution in [-0.2, 0) is 4.79 Å². The smallest absolute Gasteiger partial charge is 0.220 e. The van der Waals surface area contributed by atoms with E-state index >= 15 is 0 Å². The van der Waals surface area contributed by atoms with Crippen LogP contribution in [0.4, 0.5) is 0 Å². The Morgan fingerprint density at radius 2 is 2.23 bits per heavy atom. The van der Waals surface area contributed by atoms with Crippen LogP contribution in [0.1, 0.15) is 38.5 Å². The van der Waals surface area contributed by atoms with Crippen LogP contribution in [0.15, 0.2) is 28.7 Å². The highest BCUT2D eigenvalue weighted by Gasteiger charge is 2.15. The number of benzene rings is 1. The molecular weight excluding hydrogens is 304 g/mol. The minimum absolute atomic E-state index is 0. The molecule has 122 valence electrons. The van der Waals surface area contributed by atoms with Gasteiger partial charge in [0.25, 0.3) is 0 Å². The summed E-state index contributed by atoms with van der Waals surface area (Å²) in [7, 11) is 0. The summed E-state index contributed by atoms with van der Waals surface area (Å²) < 4.78 is 11.4. The lowest BCUT2D eigenvalue weighted by molar-refractivity contribution is -0.121. The summed E-state index contributed by atoms with van der Waals surface area (Å²) >= 11 is 0. The number of carbonyl (C=O) groups is 1. The number of amides is 1. The van der Waals surface area contributed by atoms with Gasteiger partial charge in [-0.1, -0.05) is 12.1 Å². The molecule has 0 radical (unpaired) electrons. The van der Waals surface area contributed by atoms with Crippen molar-refractivity contribution in [3.63, 3.8) is 0 Å². The highest BCUT2D eigenvalue weighted by molar-refractivity contribution is 5.85. The van der Waals surface area contributed by atoms with Gasteiger partial charge in [-0.2, -0.15) is 0 Å². The fourth-order valence-corrected chi connectivity index (χ4v) is 2.19. The van der Waals surface area contributed by atoms with Gasteiger partial charge in [0, 0.05) is 11.8 Å². The Labute approximate surface area is 136 Å². The van der Waals surface area contributed by atoms with E-state index in [-0.39, 0.29) is 24.4 Å². The molecule has 0 fully saturated rings. The molecule has 0 spiro atoms. The number of rotatable bonds is 7. The van der Waals surface area contributed by atoms with Crippen LogP contribution in [0.2, 0.25) is 0 Å². The van der Waals surface area contributed by atoms with Crippen LogP contribution in [-0.4, -0.2) is 19.1 Å². The van der Waals surface area contributed by atoms with Crippen molar-refractivity contribution in [1.82, 2.24) is 5.32 Å².